The molecule has 0 aromatic heterocycles. The van der Waals surface area contributed by atoms with Crippen LogP contribution in [0.2, 0.25) is 0 Å². The fourth-order valence-electron chi connectivity index (χ4n) is 2.73. The minimum atomic E-state index is -0.211. The minimum absolute atomic E-state index is 0.211. The van der Waals surface area contributed by atoms with Gasteiger partial charge in [0, 0.05) is 38.3 Å². The maximum atomic E-state index is 12.9. The van der Waals surface area contributed by atoms with E-state index in [0.29, 0.717) is 12.3 Å². The minimum Gasteiger partial charge on any atom is -0.368 e. The zero-order chi connectivity index (χ0) is 13.9. The van der Waals surface area contributed by atoms with E-state index >= 15 is 0 Å². The molecule has 0 saturated carbocycles. The summed E-state index contributed by atoms with van der Waals surface area (Å²) in [7, 11) is 0. The summed E-state index contributed by atoms with van der Waals surface area (Å²) < 4.78 is 12.9. The van der Waals surface area contributed by atoms with Crippen LogP contribution in [0.15, 0.2) is 24.3 Å². The molecule has 2 aliphatic heterocycles. The van der Waals surface area contributed by atoms with Gasteiger partial charge in [0.25, 0.3) is 0 Å². The van der Waals surface area contributed by atoms with Crippen molar-refractivity contribution >= 4 is 11.6 Å². The molecule has 1 aromatic rings. The molecule has 1 amide bonds. The van der Waals surface area contributed by atoms with Crippen LogP contribution in [-0.2, 0) is 4.79 Å². The molecule has 108 valence electrons. The summed E-state index contributed by atoms with van der Waals surface area (Å²) in [6.07, 6.45) is 0.670. The standard InChI is InChI=1S/C15H20FN3O/c16-13-1-3-14(4-2-13)18-5-7-19(8-6-18)15(20)9-12-10-17-11-12/h1-4,12,17H,5-11H2. The summed E-state index contributed by atoms with van der Waals surface area (Å²) in [5.41, 5.74) is 1.03. The Hall–Kier alpha value is -1.62. The molecule has 0 aliphatic carbocycles. The van der Waals surface area contributed by atoms with Crippen molar-refractivity contribution in [2.24, 2.45) is 5.92 Å². The van der Waals surface area contributed by atoms with Crippen LogP contribution in [0, 0.1) is 11.7 Å². The number of carbonyl (C=O) groups excluding carboxylic acids is 1. The summed E-state index contributed by atoms with van der Waals surface area (Å²) in [5.74, 6) is 0.588. The average Bonchev–Trinajstić information content (AvgIpc) is 2.44. The molecule has 1 N–H and O–H groups in total. The number of nitrogens with zero attached hydrogens (tertiary/aromatic N) is 2. The third-order valence-electron chi connectivity index (χ3n) is 4.15. The van der Waals surface area contributed by atoms with Crippen LogP contribution in [-0.4, -0.2) is 50.1 Å². The Morgan fingerprint density at radius 2 is 1.80 bits per heavy atom. The zero-order valence-electron chi connectivity index (χ0n) is 11.5. The Kier molecular flexibility index (Phi) is 3.87. The van der Waals surface area contributed by atoms with Crippen LogP contribution in [0.25, 0.3) is 0 Å². The van der Waals surface area contributed by atoms with Gasteiger partial charge in [-0.25, -0.2) is 4.39 Å². The van der Waals surface area contributed by atoms with Gasteiger partial charge in [-0.15, -0.1) is 0 Å². The van der Waals surface area contributed by atoms with Gasteiger partial charge in [0.15, 0.2) is 0 Å². The molecular weight excluding hydrogens is 257 g/mol. The van der Waals surface area contributed by atoms with Gasteiger partial charge < -0.3 is 15.1 Å². The number of halogens is 1. The van der Waals surface area contributed by atoms with E-state index in [0.717, 1.165) is 45.0 Å². The first-order valence-corrected chi connectivity index (χ1v) is 7.21. The second-order valence-electron chi connectivity index (χ2n) is 5.57. The number of benzene rings is 1. The molecule has 4 nitrogen and oxygen atoms in total. The normalized spacial score (nSPS) is 19.9. The fourth-order valence-corrected chi connectivity index (χ4v) is 2.73. The number of hydrogen-bond donors (Lipinski definition) is 1. The highest BCUT2D eigenvalue weighted by molar-refractivity contribution is 5.77. The van der Waals surface area contributed by atoms with Gasteiger partial charge in [0.1, 0.15) is 5.82 Å². The fraction of sp³-hybridized carbons (Fsp3) is 0.533. The van der Waals surface area contributed by atoms with Crippen LogP contribution in [0.4, 0.5) is 10.1 Å². The topological polar surface area (TPSA) is 35.6 Å². The SMILES string of the molecule is O=C(CC1CNC1)N1CCN(c2ccc(F)cc2)CC1. The summed E-state index contributed by atoms with van der Waals surface area (Å²) in [6.45, 7) is 5.11. The van der Waals surface area contributed by atoms with E-state index in [1.807, 2.05) is 4.90 Å². The highest BCUT2D eigenvalue weighted by Crippen LogP contribution is 2.18. The quantitative estimate of drug-likeness (QED) is 0.898. The van der Waals surface area contributed by atoms with Crippen molar-refractivity contribution < 1.29 is 9.18 Å². The number of hydrogen-bond acceptors (Lipinski definition) is 3. The molecule has 0 unspecified atom stereocenters. The maximum Gasteiger partial charge on any atom is 0.223 e. The summed E-state index contributed by atoms with van der Waals surface area (Å²) >= 11 is 0. The molecule has 5 heteroatoms. The average molecular weight is 277 g/mol. The predicted octanol–water partition coefficient (Wildman–Crippen LogP) is 1.08. The first-order valence-electron chi connectivity index (χ1n) is 7.21. The van der Waals surface area contributed by atoms with E-state index in [4.69, 9.17) is 0 Å². The van der Waals surface area contributed by atoms with Gasteiger partial charge in [-0.05, 0) is 43.3 Å². The Bertz CT molecular complexity index is 465. The molecule has 0 radical (unpaired) electrons. The van der Waals surface area contributed by atoms with E-state index in [2.05, 4.69) is 10.2 Å². The van der Waals surface area contributed by atoms with E-state index in [9.17, 15) is 9.18 Å². The number of nitrogens with one attached hydrogen (secondary N) is 1. The van der Waals surface area contributed by atoms with Crippen molar-refractivity contribution in [2.75, 3.05) is 44.2 Å². The number of amides is 1. The smallest absolute Gasteiger partial charge is 0.223 e. The Morgan fingerprint density at radius 1 is 1.15 bits per heavy atom. The highest BCUT2D eigenvalue weighted by Gasteiger charge is 2.26. The van der Waals surface area contributed by atoms with Gasteiger partial charge in [0.05, 0.1) is 0 Å². The molecule has 0 spiro atoms. The zero-order valence-corrected chi connectivity index (χ0v) is 11.5. The molecule has 2 fully saturated rings. The van der Waals surface area contributed by atoms with E-state index in [1.54, 1.807) is 12.1 Å². The monoisotopic (exact) mass is 277 g/mol. The van der Waals surface area contributed by atoms with Crippen molar-refractivity contribution in [1.29, 1.82) is 0 Å². The van der Waals surface area contributed by atoms with E-state index in [1.165, 1.54) is 12.1 Å². The van der Waals surface area contributed by atoms with Crippen LogP contribution >= 0.6 is 0 Å². The van der Waals surface area contributed by atoms with Gasteiger partial charge in [-0.1, -0.05) is 0 Å². The molecule has 3 rings (SSSR count). The van der Waals surface area contributed by atoms with Crippen molar-refractivity contribution in [3.63, 3.8) is 0 Å². The second-order valence-corrected chi connectivity index (χ2v) is 5.57. The molecule has 20 heavy (non-hydrogen) atoms. The molecule has 0 atom stereocenters. The second kappa shape index (κ2) is 5.79. The number of anilines is 1. The maximum absolute atomic E-state index is 12.9. The predicted molar refractivity (Wildman–Crippen MR) is 76.2 cm³/mol. The first-order chi connectivity index (χ1) is 9.72. The highest BCUT2D eigenvalue weighted by atomic mass is 19.1. The van der Waals surface area contributed by atoms with Crippen LogP contribution < -0.4 is 10.2 Å². The Morgan fingerprint density at radius 3 is 2.35 bits per heavy atom. The largest absolute Gasteiger partial charge is 0.368 e. The van der Waals surface area contributed by atoms with E-state index in [-0.39, 0.29) is 11.7 Å². The van der Waals surface area contributed by atoms with Crippen LogP contribution in [0.3, 0.4) is 0 Å². The number of carbonyl (C=O) groups is 1. The van der Waals surface area contributed by atoms with Crippen molar-refractivity contribution in [2.45, 2.75) is 6.42 Å². The lowest BCUT2D eigenvalue weighted by Gasteiger charge is -2.37. The molecule has 2 saturated heterocycles. The first kappa shape index (κ1) is 13.4. The summed E-state index contributed by atoms with van der Waals surface area (Å²) in [4.78, 5) is 16.3. The van der Waals surface area contributed by atoms with Crippen LogP contribution in [0.1, 0.15) is 6.42 Å². The van der Waals surface area contributed by atoms with Crippen molar-refractivity contribution in [3.05, 3.63) is 30.1 Å². The molecule has 0 bridgehead atoms. The number of rotatable bonds is 3. The van der Waals surface area contributed by atoms with Gasteiger partial charge in [-0.2, -0.15) is 0 Å². The Balaban J connectivity index is 1.51. The molecule has 1 aromatic carbocycles. The molecule has 2 heterocycles. The Labute approximate surface area is 118 Å². The van der Waals surface area contributed by atoms with Crippen molar-refractivity contribution in [1.82, 2.24) is 10.2 Å². The van der Waals surface area contributed by atoms with Gasteiger partial charge in [-0.3, -0.25) is 4.79 Å². The lowest BCUT2D eigenvalue weighted by molar-refractivity contribution is -0.132. The van der Waals surface area contributed by atoms with Gasteiger partial charge in [0.2, 0.25) is 5.91 Å². The lowest BCUT2D eigenvalue weighted by atomic mass is 9.98. The third kappa shape index (κ3) is 2.93. The van der Waals surface area contributed by atoms with E-state index < -0.39 is 0 Å². The molecule has 2 aliphatic rings. The van der Waals surface area contributed by atoms with Crippen molar-refractivity contribution in [3.8, 4) is 0 Å². The number of piperazine rings is 1. The van der Waals surface area contributed by atoms with Crippen LogP contribution in [0.5, 0.6) is 0 Å². The third-order valence-corrected chi connectivity index (χ3v) is 4.15. The molecular formula is C15H20FN3O. The lowest BCUT2D eigenvalue weighted by Crippen LogP contribution is -2.51. The summed E-state index contributed by atoms with van der Waals surface area (Å²) in [5, 5.41) is 3.19. The summed E-state index contributed by atoms with van der Waals surface area (Å²) in [6, 6.07) is 6.56. The van der Waals surface area contributed by atoms with Gasteiger partial charge >= 0.3 is 0 Å².